The van der Waals surface area contributed by atoms with E-state index in [0.717, 1.165) is 23.7 Å². The minimum atomic E-state index is -0.359. The summed E-state index contributed by atoms with van der Waals surface area (Å²) in [4.78, 5) is 15.1. The fourth-order valence-electron chi connectivity index (χ4n) is 1.98. The van der Waals surface area contributed by atoms with E-state index in [2.05, 4.69) is 10.3 Å². The van der Waals surface area contributed by atoms with Gasteiger partial charge in [0.2, 0.25) is 0 Å². The van der Waals surface area contributed by atoms with E-state index in [4.69, 9.17) is 0 Å². The zero-order valence-electron chi connectivity index (χ0n) is 9.36. The quantitative estimate of drug-likeness (QED) is 0.746. The molecule has 1 heterocycles. The van der Waals surface area contributed by atoms with E-state index in [1.54, 1.807) is 6.07 Å². The number of nitrogens with one attached hydrogen (secondary N) is 2. The Labute approximate surface area is 98.6 Å². The second-order valence-electron chi connectivity index (χ2n) is 4.67. The van der Waals surface area contributed by atoms with E-state index in [1.165, 1.54) is 0 Å². The van der Waals surface area contributed by atoms with Crippen LogP contribution in [-0.2, 0) is 0 Å². The lowest BCUT2D eigenvalue weighted by Crippen LogP contribution is -2.39. The summed E-state index contributed by atoms with van der Waals surface area (Å²) in [6.45, 7) is 0.0173. The highest BCUT2D eigenvalue weighted by atomic mass is 16.3. The van der Waals surface area contributed by atoms with Crippen molar-refractivity contribution in [2.75, 3.05) is 6.61 Å². The lowest BCUT2D eigenvalue weighted by Gasteiger charge is -2.14. The predicted molar refractivity (Wildman–Crippen MR) is 64.8 cm³/mol. The molecule has 1 fully saturated rings. The van der Waals surface area contributed by atoms with E-state index in [0.29, 0.717) is 5.56 Å². The Hall–Kier alpha value is -1.81. The van der Waals surface area contributed by atoms with Crippen LogP contribution in [0.3, 0.4) is 0 Å². The van der Waals surface area contributed by atoms with Crippen molar-refractivity contribution in [2.24, 2.45) is 0 Å². The summed E-state index contributed by atoms with van der Waals surface area (Å²) in [7, 11) is 0. The Kier molecular flexibility index (Phi) is 2.19. The van der Waals surface area contributed by atoms with Crippen molar-refractivity contribution in [3.05, 3.63) is 36.0 Å². The third-order valence-electron chi connectivity index (χ3n) is 3.35. The molecular weight excluding hydrogens is 216 g/mol. The van der Waals surface area contributed by atoms with Crippen molar-refractivity contribution in [2.45, 2.75) is 18.4 Å². The molecule has 1 amide bonds. The molecule has 1 aromatic heterocycles. The fraction of sp³-hybridized carbons (Fsp3) is 0.308. The van der Waals surface area contributed by atoms with Crippen LogP contribution >= 0.6 is 0 Å². The molecule has 0 atom stereocenters. The molecule has 1 saturated carbocycles. The molecule has 3 N–H and O–H groups in total. The number of aliphatic hydroxyl groups excluding tert-OH is 1. The third kappa shape index (κ3) is 1.80. The van der Waals surface area contributed by atoms with Crippen LogP contribution in [0.2, 0.25) is 0 Å². The normalized spacial score (nSPS) is 17.0. The molecule has 0 unspecified atom stereocenters. The average molecular weight is 230 g/mol. The summed E-state index contributed by atoms with van der Waals surface area (Å²) in [5, 5.41) is 13.1. The summed E-state index contributed by atoms with van der Waals surface area (Å²) in [6, 6.07) is 7.52. The van der Waals surface area contributed by atoms with E-state index < -0.39 is 0 Å². The molecule has 0 spiro atoms. The van der Waals surface area contributed by atoms with Crippen molar-refractivity contribution < 1.29 is 9.90 Å². The zero-order valence-corrected chi connectivity index (χ0v) is 9.36. The highest BCUT2D eigenvalue weighted by Crippen LogP contribution is 2.34. The molecule has 0 saturated heterocycles. The van der Waals surface area contributed by atoms with E-state index >= 15 is 0 Å². The van der Waals surface area contributed by atoms with Gasteiger partial charge in [0.15, 0.2) is 0 Å². The minimum absolute atomic E-state index is 0.0173. The highest BCUT2D eigenvalue weighted by Gasteiger charge is 2.43. The van der Waals surface area contributed by atoms with E-state index in [1.807, 2.05) is 24.4 Å². The minimum Gasteiger partial charge on any atom is -0.394 e. The van der Waals surface area contributed by atoms with Gasteiger partial charge in [-0.05, 0) is 36.4 Å². The first-order chi connectivity index (χ1) is 8.22. The van der Waals surface area contributed by atoms with Gasteiger partial charge in [0, 0.05) is 17.3 Å². The van der Waals surface area contributed by atoms with Crippen molar-refractivity contribution in [3.8, 4) is 0 Å². The number of hydrogen-bond donors (Lipinski definition) is 3. The number of H-pyrrole nitrogens is 1. The summed E-state index contributed by atoms with van der Waals surface area (Å²) in [5.41, 5.74) is 1.22. The van der Waals surface area contributed by atoms with E-state index in [-0.39, 0.29) is 18.1 Å². The van der Waals surface area contributed by atoms with Gasteiger partial charge in [0.25, 0.3) is 5.91 Å². The summed E-state index contributed by atoms with van der Waals surface area (Å²) in [5.74, 6) is -0.118. The number of amides is 1. The molecule has 0 aliphatic heterocycles. The number of carbonyl (C=O) groups excluding carboxylic acids is 1. The molecule has 1 aromatic carbocycles. The van der Waals surface area contributed by atoms with Crippen molar-refractivity contribution in [3.63, 3.8) is 0 Å². The van der Waals surface area contributed by atoms with Crippen LogP contribution < -0.4 is 5.32 Å². The number of fused-ring (bicyclic) bond motifs is 1. The summed E-state index contributed by atoms with van der Waals surface area (Å²) in [6.07, 6.45) is 3.57. The maximum absolute atomic E-state index is 12.0. The van der Waals surface area contributed by atoms with Crippen molar-refractivity contribution >= 4 is 16.8 Å². The lowest BCUT2D eigenvalue weighted by molar-refractivity contribution is 0.0907. The monoisotopic (exact) mass is 230 g/mol. The number of hydrogen-bond acceptors (Lipinski definition) is 2. The molecule has 0 bridgehead atoms. The van der Waals surface area contributed by atoms with Crippen LogP contribution in [-0.4, -0.2) is 28.1 Å². The van der Waals surface area contributed by atoms with E-state index in [9.17, 15) is 9.90 Å². The van der Waals surface area contributed by atoms with Gasteiger partial charge in [-0.2, -0.15) is 0 Å². The Morgan fingerprint density at radius 3 is 2.94 bits per heavy atom. The maximum Gasteiger partial charge on any atom is 0.251 e. The smallest absolute Gasteiger partial charge is 0.251 e. The average Bonchev–Trinajstić information content (AvgIpc) is 2.96. The number of aliphatic hydroxyl groups is 1. The highest BCUT2D eigenvalue weighted by molar-refractivity contribution is 5.98. The van der Waals surface area contributed by atoms with Crippen molar-refractivity contribution in [1.82, 2.24) is 10.3 Å². The maximum atomic E-state index is 12.0. The van der Waals surface area contributed by atoms with Gasteiger partial charge in [0.05, 0.1) is 12.1 Å². The van der Waals surface area contributed by atoms with Gasteiger partial charge >= 0.3 is 0 Å². The summed E-state index contributed by atoms with van der Waals surface area (Å²) < 4.78 is 0. The number of aromatic nitrogens is 1. The SMILES string of the molecule is O=C(NC1(CO)CC1)c1ccc2cc[nH]c2c1. The molecular formula is C13H14N2O2. The topological polar surface area (TPSA) is 65.1 Å². The third-order valence-corrected chi connectivity index (χ3v) is 3.35. The molecule has 2 aromatic rings. The van der Waals surface area contributed by atoms with Crippen LogP contribution in [0.15, 0.2) is 30.5 Å². The number of carbonyl (C=O) groups is 1. The molecule has 1 aliphatic carbocycles. The van der Waals surface area contributed by atoms with Crippen LogP contribution in [0.5, 0.6) is 0 Å². The molecule has 1 aliphatic rings. The molecule has 4 heteroatoms. The Morgan fingerprint density at radius 2 is 2.24 bits per heavy atom. The second kappa shape index (κ2) is 3.60. The first-order valence-corrected chi connectivity index (χ1v) is 5.73. The largest absolute Gasteiger partial charge is 0.394 e. The Morgan fingerprint density at radius 1 is 1.41 bits per heavy atom. The van der Waals surface area contributed by atoms with Gasteiger partial charge in [0.1, 0.15) is 0 Å². The molecule has 88 valence electrons. The fourth-order valence-corrected chi connectivity index (χ4v) is 1.98. The lowest BCUT2D eigenvalue weighted by atomic mass is 10.1. The standard InChI is InChI=1S/C13H14N2O2/c16-8-13(4-5-13)15-12(17)10-2-1-9-3-6-14-11(9)7-10/h1-3,6-7,14,16H,4-5,8H2,(H,15,17). The Bertz CT molecular complexity index is 570. The van der Waals surface area contributed by atoms with Gasteiger partial charge < -0.3 is 15.4 Å². The number of aromatic amines is 1. The number of benzene rings is 1. The predicted octanol–water partition coefficient (Wildman–Crippen LogP) is 1.42. The first-order valence-electron chi connectivity index (χ1n) is 5.73. The van der Waals surface area contributed by atoms with Crippen LogP contribution in [0.25, 0.3) is 10.9 Å². The molecule has 0 radical (unpaired) electrons. The summed E-state index contributed by atoms with van der Waals surface area (Å²) >= 11 is 0. The Balaban J connectivity index is 1.85. The van der Waals surface area contributed by atoms with Gasteiger partial charge in [-0.3, -0.25) is 4.79 Å². The van der Waals surface area contributed by atoms with Crippen LogP contribution in [0.1, 0.15) is 23.2 Å². The van der Waals surface area contributed by atoms with Gasteiger partial charge in [-0.15, -0.1) is 0 Å². The second-order valence-corrected chi connectivity index (χ2v) is 4.67. The number of rotatable bonds is 3. The first kappa shape index (κ1) is 10.4. The van der Waals surface area contributed by atoms with Gasteiger partial charge in [-0.1, -0.05) is 6.07 Å². The molecule has 4 nitrogen and oxygen atoms in total. The molecule has 3 rings (SSSR count). The van der Waals surface area contributed by atoms with Gasteiger partial charge in [-0.25, -0.2) is 0 Å². The molecule has 17 heavy (non-hydrogen) atoms. The van der Waals surface area contributed by atoms with Crippen LogP contribution in [0.4, 0.5) is 0 Å². The van der Waals surface area contributed by atoms with Crippen molar-refractivity contribution in [1.29, 1.82) is 0 Å². The van der Waals surface area contributed by atoms with Crippen LogP contribution in [0, 0.1) is 0 Å². The zero-order chi connectivity index (χ0) is 11.9.